The van der Waals surface area contributed by atoms with Crippen LogP contribution in [0.2, 0.25) is 0 Å². The molecule has 80 valence electrons. The molecule has 13 heavy (non-hydrogen) atoms. The molecule has 3 heteroatoms. The molecule has 0 radical (unpaired) electrons. The van der Waals surface area contributed by atoms with Crippen LogP contribution in [0.1, 0.15) is 34.1 Å². The third kappa shape index (κ3) is 3.22. The molecule has 1 saturated heterocycles. The SMILES string of the molecule is CC.CN1CC(C(F)F)CC1(C)C. The lowest BCUT2D eigenvalue weighted by molar-refractivity contribution is 0.0819. The molecule has 1 atom stereocenters. The normalized spacial score (nSPS) is 27.2. The lowest BCUT2D eigenvalue weighted by Gasteiger charge is -2.26. The van der Waals surface area contributed by atoms with Gasteiger partial charge in [-0.15, -0.1) is 0 Å². The van der Waals surface area contributed by atoms with Crippen molar-refractivity contribution in [1.82, 2.24) is 4.90 Å². The minimum Gasteiger partial charge on any atom is -0.301 e. The molecular weight excluding hydrogens is 172 g/mol. The van der Waals surface area contributed by atoms with Gasteiger partial charge in [-0.1, -0.05) is 13.8 Å². The monoisotopic (exact) mass is 193 g/mol. The lowest BCUT2D eigenvalue weighted by Crippen LogP contribution is -2.34. The first-order valence-electron chi connectivity index (χ1n) is 4.93. The summed E-state index contributed by atoms with van der Waals surface area (Å²) in [4.78, 5) is 2.00. The van der Waals surface area contributed by atoms with Crippen LogP contribution < -0.4 is 0 Å². The summed E-state index contributed by atoms with van der Waals surface area (Å²) < 4.78 is 24.5. The largest absolute Gasteiger partial charge is 0.301 e. The third-order valence-corrected chi connectivity index (χ3v) is 2.66. The van der Waals surface area contributed by atoms with Crippen molar-refractivity contribution in [1.29, 1.82) is 0 Å². The van der Waals surface area contributed by atoms with Crippen molar-refractivity contribution in [2.75, 3.05) is 13.6 Å². The minimum absolute atomic E-state index is 0.0406. The topological polar surface area (TPSA) is 3.24 Å². The lowest BCUT2D eigenvalue weighted by atomic mass is 9.97. The molecule has 1 heterocycles. The van der Waals surface area contributed by atoms with Crippen molar-refractivity contribution in [2.45, 2.75) is 46.1 Å². The molecule has 0 aromatic carbocycles. The van der Waals surface area contributed by atoms with E-state index in [-0.39, 0.29) is 5.54 Å². The predicted octanol–water partition coefficient (Wildman–Crippen LogP) is 3.01. The Bertz CT molecular complexity index is 146. The van der Waals surface area contributed by atoms with Crippen LogP contribution in [0.5, 0.6) is 0 Å². The molecule has 1 aliphatic heterocycles. The molecule has 0 spiro atoms. The fourth-order valence-electron chi connectivity index (χ4n) is 1.63. The summed E-state index contributed by atoms with van der Waals surface area (Å²) in [5, 5.41) is 0. The van der Waals surface area contributed by atoms with Crippen LogP contribution in [0.4, 0.5) is 8.78 Å². The summed E-state index contributed by atoms with van der Waals surface area (Å²) in [5.74, 6) is -0.421. The van der Waals surface area contributed by atoms with E-state index in [1.165, 1.54) is 0 Å². The van der Waals surface area contributed by atoms with Gasteiger partial charge < -0.3 is 4.90 Å². The summed E-state index contributed by atoms with van der Waals surface area (Å²) in [6, 6.07) is 0. The number of hydrogen-bond acceptors (Lipinski definition) is 1. The van der Waals surface area contributed by atoms with E-state index in [4.69, 9.17) is 0 Å². The average molecular weight is 193 g/mol. The first kappa shape index (κ1) is 12.8. The summed E-state index contributed by atoms with van der Waals surface area (Å²) >= 11 is 0. The first-order chi connectivity index (χ1) is 5.93. The van der Waals surface area contributed by atoms with Crippen LogP contribution in [-0.2, 0) is 0 Å². The minimum atomic E-state index is -2.15. The highest BCUT2D eigenvalue weighted by Crippen LogP contribution is 2.34. The van der Waals surface area contributed by atoms with E-state index in [9.17, 15) is 8.78 Å². The van der Waals surface area contributed by atoms with E-state index >= 15 is 0 Å². The van der Waals surface area contributed by atoms with Crippen LogP contribution >= 0.6 is 0 Å². The Morgan fingerprint density at radius 2 is 1.77 bits per heavy atom. The molecule has 1 unspecified atom stereocenters. The van der Waals surface area contributed by atoms with Gasteiger partial charge in [0.15, 0.2) is 0 Å². The highest BCUT2D eigenvalue weighted by molar-refractivity contribution is 4.91. The van der Waals surface area contributed by atoms with E-state index in [1.807, 2.05) is 39.6 Å². The zero-order valence-electron chi connectivity index (χ0n) is 9.27. The number of alkyl halides is 2. The predicted molar refractivity (Wildman–Crippen MR) is 52.2 cm³/mol. The zero-order chi connectivity index (χ0) is 10.6. The summed E-state index contributed by atoms with van der Waals surface area (Å²) in [6.07, 6.45) is -1.54. The Balaban J connectivity index is 0.000000671. The zero-order valence-corrected chi connectivity index (χ0v) is 9.27. The quantitative estimate of drug-likeness (QED) is 0.618. The number of likely N-dealkylation sites (tertiary alicyclic amines) is 1. The molecule has 0 bridgehead atoms. The van der Waals surface area contributed by atoms with E-state index in [1.54, 1.807) is 0 Å². The van der Waals surface area contributed by atoms with Gasteiger partial charge >= 0.3 is 0 Å². The van der Waals surface area contributed by atoms with Gasteiger partial charge in [0.25, 0.3) is 0 Å². The maximum absolute atomic E-state index is 12.2. The second kappa shape index (κ2) is 4.89. The third-order valence-electron chi connectivity index (χ3n) is 2.66. The number of rotatable bonds is 1. The molecule has 0 aromatic heterocycles. The molecule has 0 saturated carbocycles. The maximum atomic E-state index is 12.2. The Hall–Kier alpha value is -0.180. The maximum Gasteiger partial charge on any atom is 0.242 e. The number of hydrogen-bond donors (Lipinski definition) is 0. The van der Waals surface area contributed by atoms with Crippen molar-refractivity contribution >= 4 is 0 Å². The van der Waals surface area contributed by atoms with Gasteiger partial charge in [-0.25, -0.2) is 8.78 Å². The standard InChI is InChI=1S/C8H15F2N.C2H6/c1-8(2)4-6(7(9)10)5-11(8)3;1-2/h6-7H,4-5H2,1-3H3;1-2H3. The van der Waals surface area contributed by atoms with Gasteiger partial charge in [0.2, 0.25) is 6.43 Å². The second-order valence-electron chi connectivity index (χ2n) is 3.99. The molecule has 0 aromatic rings. The molecule has 1 rings (SSSR count). The summed E-state index contributed by atoms with van der Waals surface area (Å²) in [6.45, 7) is 8.55. The Labute approximate surface area is 80.1 Å². The highest BCUT2D eigenvalue weighted by Gasteiger charge is 2.39. The van der Waals surface area contributed by atoms with Gasteiger partial charge in [-0.05, 0) is 27.3 Å². The molecule has 0 aliphatic carbocycles. The molecule has 1 nitrogen and oxygen atoms in total. The Morgan fingerprint density at radius 1 is 1.31 bits per heavy atom. The molecule has 0 N–H and O–H groups in total. The molecule has 1 fully saturated rings. The van der Waals surface area contributed by atoms with E-state index in [2.05, 4.69) is 0 Å². The molecule has 1 aliphatic rings. The van der Waals surface area contributed by atoms with Crippen molar-refractivity contribution in [2.24, 2.45) is 5.92 Å². The van der Waals surface area contributed by atoms with Gasteiger partial charge in [0.05, 0.1) is 0 Å². The van der Waals surface area contributed by atoms with E-state index in [0.717, 1.165) is 0 Å². The molecule has 0 amide bonds. The number of nitrogens with zero attached hydrogens (tertiary/aromatic N) is 1. The van der Waals surface area contributed by atoms with Crippen molar-refractivity contribution in [3.63, 3.8) is 0 Å². The van der Waals surface area contributed by atoms with Crippen molar-refractivity contribution < 1.29 is 8.78 Å². The molecular formula is C10H21F2N. The average Bonchev–Trinajstić information content (AvgIpc) is 2.31. The fraction of sp³-hybridized carbons (Fsp3) is 1.00. The van der Waals surface area contributed by atoms with Crippen molar-refractivity contribution in [3.05, 3.63) is 0 Å². The van der Waals surface area contributed by atoms with Gasteiger partial charge in [-0.3, -0.25) is 0 Å². The second-order valence-corrected chi connectivity index (χ2v) is 3.99. The number of halogens is 2. The van der Waals surface area contributed by atoms with Crippen molar-refractivity contribution in [3.8, 4) is 0 Å². The Morgan fingerprint density at radius 3 is 1.92 bits per heavy atom. The highest BCUT2D eigenvalue weighted by atomic mass is 19.3. The van der Waals surface area contributed by atoms with E-state index in [0.29, 0.717) is 13.0 Å². The fourth-order valence-corrected chi connectivity index (χ4v) is 1.63. The van der Waals surface area contributed by atoms with Crippen LogP contribution in [-0.4, -0.2) is 30.5 Å². The van der Waals surface area contributed by atoms with Gasteiger partial charge in [-0.2, -0.15) is 0 Å². The Kier molecular flexibility index (Phi) is 4.82. The summed E-state index contributed by atoms with van der Waals surface area (Å²) in [7, 11) is 1.91. The van der Waals surface area contributed by atoms with Crippen LogP contribution in [0.3, 0.4) is 0 Å². The van der Waals surface area contributed by atoms with Crippen LogP contribution in [0.15, 0.2) is 0 Å². The van der Waals surface area contributed by atoms with Gasteiger partial charge in [0, 0.05) is 18.0 Å². The van der Waals surface area contributed by atoms with Gasteiger partial charge in [0.1, 0.15) is 0 Å². The first-order valence-corrected chi connectivity index (χ1v) is 4.93. The van der Waals surface area contributed by atoms with Crippen LogP contribution in [0.25, 0.3) is 0 Å². The van der Waals surface area contributed by atoms with E-state index < -0.39 is 12.3 Å². The summed E-state index contributed by atoms with van der Waals surface area (Å²) in [5.41, 5.74) is -0.0406. The smallest absolute Gasteiger partial charge is 0.242 e. The van der Waals surface area contributed by atoms with Crippen LogP contribution in [0, 0.1) is 5.92 Å².